The highest BCUT2D eigenvalue weighted by molar-refractivity contribution is 6.81. The summed E-state index contributed by atoms with van der Waals surface area (Å²) in [6, 6.07) is 0. The SMILES string of the molecule is CCCCC1(/C=C/[Si](C)(C)C)C[C@@H]1[Si](C)(C)C. The van der Waals surface area contributed by atoms with Gasteiger partial charge in [-0.3, -0.25) is 0 Å². The molecule has 0 radical (unpaired) electrons. The molecule has 2 heteroatoms. The van der Waals surface area contributed by atoms with Crippen molar-refractivity contribution in [3.05, 3.63) is 11.8 Å². The first-order chi connectivity index (χ1) is 7.61. The van der Waals surface area contributed by atoms with E-state index in [0.29, 0.717) is 5.41 Å². The van der Waals surface area contributed by atoms with Crippen LogP contribution in [0.3, 0.4) is 0 Å². The maximum Gasteiger partial charge on any atom is 0.0683 e. The molecule has 0 saturated heterocycles. The Labute approximate surface area is 111 Å². The molecule has 1 saturated carbocycles. The summed E-state index contributed by atoms with van der Waals surface area (Å²) in [6.45, 7) is 17.3. The molecule has 0 aromatic carbocycles. The van der Waals surface area contributed by atoms with Gasteiger partial charge in [0.15, 0.2) is 0 Å². The van der Waals surface area contributed by atoms with E-state index in [-0.39, 0.29) is 0 Å². The summed E-state index contributed by atoms with van der Waals surface area (Å²) < 4.78 is 0. The van der Waals surface area contributed by atoms with Crippen LogP contribution in [0.15, 0.2) is 11.8 Å². The summed E-state index contributed by atoms with van der Waals surface area (Å²) in [6.07, 6.45) is 8.35. The van der Waals surface area contributed by atoms with Crippen molar-refractivity contribution >= 4 is 16.1 Å². The fraction of sp³-hybridized carbons (Fsp3) is 0.867. The number of rotatable bonds is 6. The molecular weight excluding hydrogens is 236 g/mol. The van der Waals surface area contributed by atoms with Gasteiger partial charge in [-0.25, -0.2) is 0 Å². The minimum Gasteiger partial charge on any atom is -0.0984 e. The van der Waals surface area contributed by atoms with Crippen LogP contribution in [0.25, 0.3) is 0 Å². The third-order valence-corrected chi connectivity index (χ3v) is 8.11. The Morgan fingerprint density at radius 1 is 1.12 bits per heavy atom. The molecule has 100 valence electrons. The lowest BCUT2D eigenvalue weighted by Gasteiger charge is -2.22. The summed E-state index contributed by atoms with van der Waals surface area (Å²) in [5, 5.41) is 0. The average Bonchev–Trinajstić information content (AvgIpc) is 2.86. The molecule has 0 bridgehead atoms. The minimum absolute atomic E-state index is 0.626. The molecule has 0 aromatic rings. The van der Waals surface area contributed by atoms with Gasteiger partial charge in [0.2, 0.25) is 0 Å². The van der Waals surface area contributed by atoms with Crippen molar-refractivity contribution in [1.29, 1.82) is 0 Å². The average molecular weight is 269 g/mol. The minimum atomic E-state index is -1.02. The Morgan fingerprint density at radius 3 is 2.06 bits per heavy atom. The predicted octanol–water partition coefficient (Wildman–Crippen LogP) is 5.71. The molecule has 2 atom stereocenters. The molecule has 1 aliphatic rings. The summed E-state index contributed by atoms with van der Waals surface area (Å²) in [7, 11) is -1.96. The molecule has 1 aliphatic carbocycles. The van der Waals surface area contributed by atoms with Gasteiger partial charge in [-0.2, -0.15) is 0 Å². The van der Waals surface area contributed by atoms with Crippen molar-refractivity contribution < 1.29 is 0 Å². The molecule has 0 aromatic heterocycles. The lowest BCUT2D eigenvalue weighted by atomic mass is 9.99. The van der Waals surface area contributed by atoms with Gasteiger partial charge < -0.3 is 0 Å². The summed E-state index contributed by atoms with van der Waals surface area (Å²) in [5.74, 6) is 0. The topological polar surface area (TPSA) is 0 Å². The Morgan fingerprint density at radius 2 is 1.71 bits per heavy atom. The van der Waals surface area contributed by atoms with Gasteiger partial charge in [-0.15, -0.1) is 0 Å². The maximum absolute atomic E-state index is 2.65. The van der Waals surface area contributed by atoms with Gasteiger partial charge in [0.05, 0.1) is 8.07 Å². The third kappa shape index (κ3) is 4.40. The second-order valence-electron chi connectivity index (χ2n) is 8.16. The van der Waals surface area contributed by atoms with E-state index in [2.05, 4.69) is 58.0 Å². The maximum atomic E-state index is 2.65. The molecule has 0 heterocycles. The predicted molar refractivity (Wildman–Crippen MR) is 86.2 cm³/mol. The van der Waals surface area contributed by atoms with E-state index in [0.717, 1.165) is 5.54 Å². The van der Waals surface area contributed by atoms with Crippen LogP contribution in [0.4, 0.5) is 0 Å². The normalized spacial score (nSPS) is 29.9. The molecule has 1 unspecified atom stereocenters. The highest BCUT2D eigenvalue weighted by atomic mass is 28.3. The van der Waals surface area contributed by atoms with Gasteiger partial charge in [0.1, 0.15) is 0 Å². The van der Waals surface area contributed by atoms with Crippen molar-refractivity contribution in [3.8, 4) is 0 Å². The number of hydrogen-bond donors (Lipinski definition) is 0. The lowest BCUT2D eigenvalue weighted by Crippen LogP contribution is -2.24. The largest absolute Gasteiger partial charge is 0.0984 e. The molecule has 1 rings (SSSR count). The van der Waals surface area contributed by atoms with Gasteiger partial charge in [-0.05, 0) is 23.8 Å². The van der Waals surface area contributed by atoms with Gasteiger partial charge in [0.25, 0.3) is 0 Å². The zero-order chi connectivity index (χ0) is 13.3. The molecule has 1 fully saturated rings. The van der Waals surface area contributed by atoms with Gasteiger partial charge in [-0.1, -0.05) is 70.8 Å². The first kappa shape index (κ1) is 15.2. The zero-order valence-electron chi connectivity index (χ0n) is 13.1. The molecular formula is C15H32Si2. The fourth-order valence-corrected chi connectivity index (χ4v) is 6.75. The number of hydrogen-bond acceptors (Lipinski definition) is 0. The van der Waals surface area contributed by atoms with E-state index in [1.807, 2.05) is 0 Å². The van der Waals surface area contributed by atoms with Crippen LogP contribution in [0.5, 0.6) is 0 Å². The summed E-state index contributed by atoms with van der Waals surface area (Å²) >= 11 is 0. The standard InChI is InChI=1S/C15H32Si2/c1-8-9-10-15(11-12-16(2,3)4)13-14(15)17(5,6)7/h11-12,14H,8-10,13H2,1-7H3/b12-11+/t14-,15?/m0/s1. The Kier molecular flexibility index (Phi) is 4.52. The smallest absolute Gasteiger partial charge is 0.0683 e. The second kappa shape index (κ2) is 5.04. The van der Waals surface area contributed by atoms with Crippen LogP contribution in [0, 0.1) is 5.41 Å². The zero-order valence-corrected chi connectivity index (χ0v) is 15.1. The van der Waals surface area contributed by atoms with E-state index < -0.39 is 16.1 Å². The quantitative estimate of drug-likeness (QED) is 0.541. The molecule has 0 aliphatic heterocycles. The molecule has 0 nitrogen and oxygen atoms in total. The Hall–Kier alpha value is 0.174. The van der Waals surface area contributed by atoms with Crippen LogP contribution in [-0.4, -0.2) is 16.1 Å². The van der Waals surface area contributed by atoms with E-state index >= 15 is 0 Å². The van der Waals surface area contributed by atoms with E-state index in [9.17, 15) is 0 Å². The van der Waals surface area contributed by atoms with Gasteiger partial charge >= 0.3 is 0 Å². The Balaban J connectivity index is 2.75. The number of unbranched alkanes of at least 4 members (excludes halogenated alkanes) is 1. The second-order valence-corrected chi connectivity index (χ2v) is 18.7. The monoisotopic (exact) mass is 268 g/mol. The Bertz CT molecular complexity index is 280. The highest BCUT2D eigenvalue weighted by Crippen LogP contribution is 2.66. The molecule has 0 N–H and O–H groups in total. The highest BCUT2D eigenvalue weighted by Gasteiger charge is 2.56. The molecule has 17 heavy (non-hydrogen) atoms. The first-order valence-electron chi connectivity index (χ1n) is 7.31. The molecule has 0 spiro atoms. The summed E-state index contributed by atoms with van der Waals surface area (Å²) in [5.41, 5.74) is 4.28. The van der Waals surface area contributed by atoms with Gasteiger partial charge in [0, 0.05) is 8.07 Å². The van der Waals surface area contributed by atoms with Crippen molar-refractivity contribution in [2.45, 2.75) is 77.4 Å². The van der Waals surface area contributed by atoms with Crippen molar-refractivity contribution in [3.63, 3.8) is 0 Å². The third-order valence-electron chi connectivity index (χ3n) is 4.07. The van der Waals surface area contributed by atoms with Crippen LogP contribution < -0.4 is 0 Å². The van der Waals surface area contributed by atoms with Crippen molar-refractivity contribution in [1.82, 2.24) is 0 Å². The van der Waals surface area contributed by atoms with Crippen molar-refractivity contribution in [2.24, 2.45) is 5.41 Å². The number of allylic oxidation sites excluding steroid dienone is 1. The van der Waals surface area contributed by atoms with Crippen LogP contribution in [-0.2, 0) is 0 Å². The van der Waals surface area contributed by atoms with E-state index in [1.54, 1.807) is 0 Å². The fourth-order valence-electron chi connectivity index (χ4n) is 2.96. The van der Waals surface area contributed by atoms with Crippen molar-refractivity contribution in [2.75, 3.05) is 0 Å². The van der Waals surface area contributed by atoms with Crippen LogP contribution in [0.2, 0.25) is 44.8 Å². The summed E-state index contributed by atoms with van der Waals surface area (Å²) in [4.78, 5) is 0. The first-order valence-corrected chi connectivity index (χ1v) is 14.5. The molecule has 0 amide bonds. The van der Waals surface area contributed by atoms with Crippen LogP contribution in [0.1, 0.15) is 32.6 Å². The lowest BCUT2D eigenvalue weighted by molar-refractivity contribution is 0.542. The van der Waals surface area contributed by atoms with Crippen LogP contribution >= 0.6 is 0 Å². The van der Waals surface area contributed by atoms with E-state index in [4.69, 9.17) is 0 Å². The van der Waals surface area contributed by atoms with E-state index in [1.165, 1.54) is 25.7 Å².